The van der Waals surface area contributed by atoms with Gasteiger partial charge in [-0.1, -0.05) is 25.4 Å². The number of fused-ring (bicyclic) bond motifs is 1. The molecule has 0 bridgehead atoms. The molecule has 1 aliphatic rings. The lowest BCUT2D eigenvalue weighted by molar-refractivity contribution is 0.171. The Morgan fingerprint density at radius 1 is 1.28 bits per heavy atom. The van der Waals surface area contributed by atoms with Crippen LogP contribution >= 0.6 is 11.6 Å². The smallest absolute Gasteiger partial charge is 0.179 e. The molecule has 18 heavy (non-hydrogen) atoms. The van der Waals surface area contributed by atoms with Crippen LogP contribution in [0.4, 0.5) is 0 Å². The van der Waals surface area contributed by atoms with Gasteiger partial charge in [0.1, 0.15) is 13.2 Å². The summed E-state index contributed by atoms with van der Waals surface area (Å²) in [7, 11) is 0. The summed E-state index contributed by atoms with van der Waals surface area (Å²) in [4.78, 5) is 0. The number of hydrogen-bond donors (Lipinski definition) is 1. The van der Waals surface area contributed by atoms with Crippen LogP contribution < -0.4 is 14.8 Å². The monoisotopic (exact) mass is 269 g/mol. The molecule has 0 aromatic heterocycles. The second kappa shape index (κ2) is 6.30. The zero-order chi connectivity index (χ0) is 13.0. The van der Waals surface area contributed by atoms with Gasteiger partial charge in [0.2, 0.25) is 0 Å². The predicted octanol–water partition coefficient (Wildman–Crippen LogP) is 3.25. The highest BCUT2D eigenvalue weighted by molar-refractivity contribution is 6.32. The largest absolute Gasteiger partial charge is 0.486 e. The quantitative estimate of drug-likeness (QED) is 0.833. The second-order valence-electron chi connectivity index (χ2n) is 4.96. The molecule has 100 valence electrons. The summed E-state index contributed by atoms with van der Waals surface area (Å²) in [6, 6.07) is 3.94. The highest BCUT2D eigenvalue weighted by Gasteiger charge is 2.16. The topological polar surface area (TPSA) is 30.5 Å². The molecule has 0 radical (unpaired) electrons. The van der Waals surface area contributed by atoms with Crippen LogP contribution in [0.5, 0.6) is 11.5 Å². The van der Waals surface area contributed by atoms with E-state index in [1.807, 2.05) is 12.1 Å². The molecule has 3 nitrogen and oxygen atoms in total. The Kier molecular flexibility index (Phi) is 4.72. The van der Waals surface area contributed by atoms with Crippen molar-refractivity contribution in [1.82, 2.24) is 5.32 Å². The molecule has 1 aromatic rings. The number of halogens is 1. The highest BCUT2D eigenvalue weighted by atomic mass is 35.5. The molecule has 1 N–H and O–H groups in total. The van der Waals surface area contributed by atoms with Gasteiger partial charge >= 0.3 is 0 Å². The summed E-state index contributed by atoms with van der Waals surface area (Å²) in [6.45, 7) is 7.43. The minimum atomic E-state index is 0.568. The minimum absolute atomic E-state index is 0.568. The first-order chi connectivity index (χ1) is 8.66. The third kappa shape index (κ3) is 3.53. The van der Waals surface area contributed by atoms with Gasteiger partial charge in [0.05, 0.1) is 5.02 Å². The molecule has 0 aliphatic carbocycles. The molecule has 1 heterocycles. The number of rotatable bonds is 5. The van der Waals surface area contributed by atoms with Crippen molar-refractivity contribution in [2.75, 3.05) is 19.8 Å². The first-order valence-electron chi connectivity index (χ1n) is 6.45. The van der Waals surface area contributed by atoms with E-state index in [0.717, 1.165) is 30.3 Å². The minimum Gasteiger partial charge on any atom is -0.486 e. The Morgan fingerprint density at radius 2 is 2.06 bits per heavy atom. The third-order valence-electron chi connectivity index (χ3n) is 2.88. The fraction of sp³-hybridized carbons (Fsp3) is 0.571. The van der Waals surface area contributed by atoms with Gasteiger partial charge in [-0.15, -0.1) is 0 Å². The molecule has 0 spiro atoms. The van der Waals surface area contributed by atoms with E-state index >= 15 is 0 Å². The van der Waals surface area contributed by atoms with Gasteiger partial charge < -0.3 is 14.8 Å². The maximum Gasteiger partial charge on any atom is 0.179 e. The van der Waals surface area contributed by atoms with Gasteiger partial charge in [0, 0.05) is 6.54 Å². The summed E-state index contributed by atoms with van der Waals surface area (Å²) < 4.78 is 11.0. The fourth-order valence-corrected chi connectivity index (χ4v) is 2.18. The number of nitrogens with one attached hydrogen (secondary N) is 1. The van der Waals surface area contributed by atoms with Crippen molar-refractivity contribution in [3.8, 4) is 11.5 Å². The molecule has 0 saturated carbocycles. The summed E-state index contributed by atoms with van der Waals surface area (Å²) >= 11 is 6.18. The van der Waals surface area contributed by atoms with Crippen molar-refractivity contribution >= 4 is 11.6 Å². The van der Waals surface area contributed by atoms with E-state index in [2.05, 4.69) is 19.2 Å². The molecular formula is C14H20ClNO2. The van der Waals surface area contributed by atoms with Gasteiger partial charge in [0.25, 0.3) is 0 Å². The van der Waals surface area contributed by atoms with Crippen molar-refractivity contribution in [2.24, 2.45) is 5.92 Å². The lowest BCUT2D eigenvalue weighted by Crippen LogP contribution is -2.18. The van der Waals surface area contributed by atoms with Gasteiger partial charge in [-0.2, -0.15) is 0 Å². The van der Waals surface area contributed by atoms with Crippen molar-refractivity contribution in [2.45, 2.75) is 26.8 Å². The van der Waals surface area contributed by atoms with E-state index in [1.54, 1.807) is 0 Å². The van der Waals surface area contributed by atoms with E-state index in [9.17, 15) is 0 Å². The van der Waals surface area contributed by atoms with Crippen LogP contribution in [0.15, 0.2) is 12.1 Å². The van der Waals surface area contributed by atoms with Crippen LogP contribution in [0.1, 0.15) is 25.8 Å². The Morgan fingerprint density at radius 3 is 2.83 bits per heavy atom. The van der Waals surface area contributed by atoms with Gasteiger partial charge in [-0.25, -0.2) is 0 Å². The predicted molar refractivity (Wildman–Crippen MR) is 73.6 cm³/mol. The molecule has 1 aliphatic heterocycles. The van der Waals surface area contributed by atoms with Crippen LogP contribution in [-0.4, -0.2) is 19.8 Å². The average molecular weight is 270 g/mol. The van der Waals surface area contributed by atoms with Gasteiger partial charge in [-0.05, 0) is 36.6 Å². The molecule has 0 unspecified atom stereocenters. The van der Waals surface area contributed by atoms with Crippen LogP contribution in [0.3, 0.4) is 0 Å². The Labute approximate surface area is 113 Å². The molecule has 1 aromatic carbocycles. The third-order valence-corrected chi connectivity index (χ3v) is 3.16. The fourth-order valence-electron chi connectivity index (χ4n) is 1.89. The van der Waals surface area contributed by atoms with Crippen LogP contribution in [0, 0.1) is 5.92 Å². The molecule has 0 amide bonds. The van der Waals surface area contributed by atoms with Crippen molar-refractivity contribution in [3.05, 3.63) is 22.7 Å². The zero-order valence-corrected chi connectivity index (χ0v) is 11.7. The van der Waals surface area contributed by atoms with Crippen LogP contribution in [-0.2, 0) is 6.54 Å². The average Bonchev–Trinajstić information content (AvgIpc) is 2.35. The Hall–Kier alpha value is -0.930. The lowest BCUT2D eigenvalue weighted by Gasteiger charge is -2.20. The first-order valence-corrected chi connectivity index (χ1v) is 6.83. The lowest BCUT2D eigenvalue weighted by atomic mass is 10.1. The van der Waals surface area contributed by atoms with E-state index in [-0.39, 0.29) is 0 Å². The molecule has 0 fully saturated rings. The van der Waals surface area contributed by atoms with E-state index in [0.29, 0.717) is 24.0 Å². The summed E-state index contributed by atoms with van der Waals surface area (Å²) in [5.74, 6) is 2.16. The molecule has 2 rings (SSSR count). The molecular weight excluding hydrogens is 250 g/mol. The summed E-state index contributed by atoms with van der Waals surface area (Å²) in [5.41, 5.74) is 1.13. The maximum absolute atomic E-state index is 6.18. The van der Waals surface area contributed by atoms with Crippen molar-refractivity contribution in [3.63, 3.8) is 0 Å². The first kappa shape index (κ1) is 13.5. The summed E-state index contributed by atoms with van der Waals surface area (Å²) in [5, 5.41) is 4.04. The van der Waals surface area contributed by atoms with Gasteiger partial charge in [-0.3, -0.25) is 0 Å². The number of benzene rings is 1. The SMILES string of the molecule is CC(C)CCNCc1cc(Cl)c2c(c1)OCCO2. The number of ether oxygens (including phenoxy) is 2. The standard InChI is InChI=1S/C14H20ClNO2/c1-10(2)3-4-16-9-11-7-12(15)14-13(8-11)17-5-6-18-14/h7-8,10,16H,3-6,9H2,1-2H3. The molecule has 4 heteroatoms. The summed E-state index contributed by atoms with van der Waals surface area (Å²) in [6.07, 6.45) is 1.18. The van der Waals surface area contributed by atoms with Crippen LogP contribution in [0.25, 0.3) is 0 Å². The zero-order valence-electron chi connectivity index (χ0n) is 11.0. The Bertz CT molecular complexity index is 407. The normalized spacial score (nSPS) is 14.0. The second-order valence-corrected chi connectivity index (χ2v) is 5.37. The highest BCUT2D eigenvalue weighted by Crippen LogP contribution is 2.38. The van der Waals surface area contributed by atoms with E-state index < -0.39 is 0 Å². The van der Waals surface area contributed by atoms with E-state index in [1.165, 1.54) is 6.42 Å². The van der Waals surface area contributed by atoms with Crippen molar-refractivity contribution in [1.29, 1.82) is 0 Å². The van der Waals surface area contributed by atoms with Crippen molar-refractivity contribution < 1.29 is 9.47 Å². The van der Waals surface area contributed by atoms with Gasteiger partial charge in [0.15, 0.2) is 11.5 Å². The number of hydrogen-bond acceptors (Lipinski definition) is 3. The maximum atomic E-state index is 6.18. The molecule has 0 saturated heterocycles. The van der Waals surface area contributed by atoms with E-state index in [4.69, 9.17) is 21.1 Å². The Balaban J connectivity index is 1.95. The molecule has 0 atom stereocenters. The van der Waals surface area contributed by atoms with Crippen LogP contribution in [0.2, 0.25) is 5.02 Å².